The molecule has 0 N–H and O–H groups in total. The van der Waals surface area contributed by atoms with Gasteiger partial charge in [-0.25, -0.2) is 0 Å². The largest absolute Gasteiger partial charge is 0.497 e. The Kier molecular flexibility index (Phi) is 10.0. The summed E-state index contributed by atoms with van der Waals surface area (Å²) in [6.07, 6.45) is 0. The number of rotatable bonds is 8. The topological polar surface area (TPSA) is 83.1 Å². The molecule has 148 valence electrons. The lowest BCUT2D eigenvalue weighted by molar-refractivity contribution is -0.0302. The molecule has 2 aliphatic heterocycles. The van der Waals surface area contributed by atoms with Gasteiger partial charge in [0.05, 0.1) is 79.3 Å². The van der Waals surface area contributed by atoms with Gasteiger partial charge in [-0.2, -0.15) is 0 Å². The molecule has 0 atom stereocenters. The molecule has 0 aromatic rings. The number of ether oxygens (including phenoxy) is 3. The van der Waals surface area contributed by atoms with Crippen LogP contribution in [0, 0.1) is 0 Å². The molecule has 0 saturated carbocycles. The Morgan fingerprint density at radius 1 is 0.560 bits per heavy atom. The van der Waals surface area contributed by atoms with E-state index in [1.165, 1.54) is 0 Å². The summed E-state index contributed by atoms with van der Waals surface area (Å²) < 4.78 is 50.3. The van der Waals surface area contributed by atoms with Gasteiger partial charge in [0.1, 0.15) is 0 Å². The van der Waals surface area contributed by atoms with Crippen molar-refractivity contribution in [3.63, 3.8) is 0 Å². The van der Waals surface area contributed by atoms with Crippen LogP contribution in [-0.2, 0) is 40.8 Å². The highest BCUT2D eigenvalue weighted by Crippen LogP contribution is 2.12. The molecule has 0 amide bonds. The van der Waals surface area contributed by atoms with E-state index in [1.807, 2.05) is 13.1 Å². The molecule has 0 aromatic carbocycles. The van der Waals surface area contributed by atoms with Crippen molar-refractivity contribution in [3.8, 4) is 0 Å². The smallest absolute Gasteiger partial charge is 0.377 e. The molecule has 0 bridgehead atoms. The molecule has 0 radical (unpaired) electrons. The van der Waals surface area contributed by atoms with Crippen molar-refractivity contribution in [1.82, 2.24) is 0 Å². The average Bonchev–Trinajstić information content (AvgIpc) is 2.55. The molecular formula is C14H30O9Si2. The van der Waals surface area contributed by atoms with Crippen molar-refractivity contribution in [2.75, 3.05) is 79.3 Å². The first-order valence-electron chi connectivity index (χ1n) is 8.69. The second kappa shape index (κ2) is 11.7. The lowest BCUT2D eigenvalue weighted by Crippen LogP contribution is -2.46. The second-order valence-electron chi connectivity index (χ2n) is 5.65. The first-order chi connectivity index (χ1) is 12.1. The zero-order valence-electron chi connectivity index (χ0n) is 15.2. The van der Waals surface area contributed by atoms with Gasteiger partial charge in [-0.1, -0.05) is 0 Å². The Labute approximate surface area is 151 Å². The lowest BCUT2D eigenvalue weighted by Gasteiger charge is -2.28. The van der Waals surface area contributed by atoms with E-state index in [0.29, 0.717) is 79.3 Å². The highest BCUT2D eigenvalue weighted by Gasteiger charge is 2.36. The van der Waals surface area contributed by atoms with Crippen molar-refractivity contribution < 1.29 is 40.8 Å². The van der Waals surface area contributed by atoms with Gasteiger partial charge >= 0.3 is 17.6 Å². The van der Waals surface area contributed by atoms with Crippen molar-refractivity contribution in [2.45, 2.75) is 13.1 Å². The van der Waals surface area contributed by atoms with Crippen LogP contribution in [0.5, 0.6) is 0 Å². The highest BCUT2D eigenvalue weighted by atomic mass is 28.4. The van der Waals surface area contributed by atoms with E-state index in [0.717, 1.165) is 0 Å². The van der Waals surface area contributed by atoms with Crippen LogP contribution in [0.25, 0.3) is 0 Å². The van der Waals surface area contributed by atoms with Gasteiger partial charge < -0.3 is 40.8 Å². The third-order valence-electron chi connectivity index (χ3n) is 3.55. The molecule has 11 heteroatoms. The quantitative estimate of drug-likeness (QED) is 0.423. The van der Waals surface area contributed by atoms with Gasteiger partial charge in [-0.15, -0.1) is 0 Å². The third-order valence-corrected chi connectivity index (χ3v) is 7.92. The fourth-order valence-electron chi connectivity index (χ4n) is 2.27. The average molecular weight is 399 g/mol. The number of hydrogen-bond donors (Lipinski definition) is 0. The van der Waals surface area contributed by atoms with E-state index in [9.17, 15) is 0 Å². The van der Waals surface area contributed by atoms with Crippen molar-refractivity contribution in [1.29, 1.82) is 0 Å². The first kappa shape index (κ1) is 21.4. The van der Waals surface area contributed by atoms with Crippen molar-refractivity contribution in [2.24, 2.45) is 0 Å². The molecule has 2 fully saturated rings. The summed E-state index contributed by atoms with van der Waals surface area (Å²) in [5.41, 5.74) is 0. The molecular weight excluding hydrogens is 368 g/mol. The van der Waals surface area contributed by atoms with Crippen LogP contribution < -0.4 is 0 Å². The van der Waals surface area contributed by atoms with Gasteiger partial charge in [0, 0.05) is 13.1 Å². The normalized spacial score (nSPS) is 24.7. The molecule has 2 saturated heterocycles. The van der Waals surface area contributed by atoms with Gasteiger partial charge in [0.25, 0.3) is 0 Å². The summed E-state index contributed by atoms with van der Waals surface area (Å²) in [5.74, 6) is 0. The standard InChI is InChI=1S/C14H30O9Si2/c1-24(18-9-3-15-4-10-19-24)22-13-7-17-8-14-23-25(2)20-11-5-16-6-12-21-25/h3-14H2,1-2H3. The van der Waals surface area contributed by atoms with E-state index >= 15 is 0 Å². The monoisotopic (exact) mass is 398 g/mol. The first-order valence-corrected chi connectivity index (χ1v) is 13.1. The zero-order chi connectivity index (χ0) is 17.8. The minimum atomic E-state index is -2.57. The Bertz CT molecular complexity index is 313. The third kappa shape index (κ3) is 9.01. The van der Waals surface area contributed by atoms with Gasteiger partial charge in [-0.05, 0) is 0 Å². The SMILES string of the molecule is C[Si]1(OCCOCCO[Si]2(C)OCCOCCO2)OCCOCCO1. The Hall–Kier alpha value is 0.0738. The summed E-state index contributed by atoms with van der Waals surface area (Å²) in [6.45, 7) is 9.77. The van der Waals surface area contributed by atoms with Crippen LogP contribution in [0.3, 0.4) is 0 Å². The predicted molar refractivity (Wildman–Crippen MR) is 91.4 cm³/mol. The van der Waals surface area contributed by atoms with E-state index in [4.69, 9.17) is 40.8 Å². The summed E-state index contributed by atoms with van der Waals surface area (Å²) in [5, 5.41) is 0. The maximum absolute atomic E-state index is 5.77. The van der Waals surface area contributed by atoms with E-state index < -0.39 is 17.6 Å². The van der Waals surface area contributed by atoms with Crippen molar-refractivity contribution >= 4 is 17.6 Å². The Morgan fingerprint density at radius 2 is 0.920 bits per heavy atom. The summed E-state index contributed by atoms with van der Waals surface area (Å²) >= 11 is 0. The van der Waals surface area contributed by atoms with E-state index in [1.54, 1.807) is 0 Å². The van der Waals surface area contributed by atoms with Gasteiger partial charge in [0.15, 0.2) is 0 Å². The van der Waals surface area contributed by atoms with Crippen molar-refractivity contribution in [3.05, 3.63) is 0 Å². The molecule has 2 heterocycles. The number of hydrogen-bond acceptors (Lipinski definition) is 9. The highest BCUT2D eigenvalue weighted by molar-refractivity contribution is 6.59. The minimum absolute atomic E-state index is 0.419. The zero-order valence-corrected chi connectivity index (χ0v) is 17.2. The van der Waals surface area contributed by atoms with Crippen LogP contribution in [0.4, 0.5) is 0 Å². The summed E-state index contributed by atoms with van der Waals surface area (Å²) in [7, 11) is -5.15. The van der Waals surface area contributed by atoms with Crippen LogP contribution >= 0.6 is 0 Å². The minimum Gasteiger partial charge on any atom is -0.377 e. The van der Waals surface area contributed by atoms with Crippen LogP contribution in [0.15, 0.2) is 0 Å². The molecule has 0 aliphatic carbocycles. The van der Waals surface area contributed by atoms with Crippen LogP contribution in [0.1, 0.15) is 0 Å². The molecule has 25 heavy (non-hydrogen) atoms. The fraction of sp³-hybridized carbons (Fsp3) is 1.00. The Morgan fingerprint density at radius 3 is 1.28 bits per heavy atom. The molecule has 0 aromatic heterocycles. The van der Waals surface area contributed by atoms with Crippen LogP contribution in [-0.4, -0.2) is 96.9 Å². The summed E-state index contributed by atoms with van der Waals surface area (Å²) in [4.78, 5) is 0. The molecule has 2 rings (SSSR count). The molecule has 0 spiro atoms. The fourth-order valence-corrected chi connectivity index (χ4v) is 5.50. The second-order valence-corrected chi connectivity index (χ2v) is 10.8. The Balaban J connectivity index is 1.52. The molecule has 9 nitrogen and oxygen atoms in total. The van der Waals surface area contributed by atoms with E-state index in [-0.39, 0.29) is 0 Å². The summed E-state index contributed by atoms with van der Waals surface area (Å²) in [6, 6.07) is 0. The van der Waals surface area contributed by atoms with Gasteiger partial charge in [-0.3, -0.25) is 0 Å². The molecule has 2 aliphatic rings. The maximum Gasteiger partial charge on any atom is 0.497 e. The maximum atomic E-state index is 5.77. The van der Waals surface area contributed by atoms with E-state index in [2.05, 4.69) is 0 Å². The molecule has 0 unspecified atom stereocenters. The predicted octanol–water partition coefficient (Wildman–Crippen LogP) is 0.300. The van der Waals surface area contributed by atoms with Gasteiger partial charge in [0.2, 0.25) is 0 Å². The van der Waals surface area contributed by atoms with Crippen LogP contribution in [0.2, 0.25) is 13.1 Å². The lowest BCUT2D eigenvalue weighted by atomic mass is 10.7.